The Kier molecular flexibility index (Phi) is 8.06. The van der Waals surface area contributed by atoms with Crippen molar-refractivity contribution in [3.63, 3.8) is 0 Å². The summed E-state index contributed by atoms with van der Waals surface area (Å²) in [4.78, 5) is 20.8. The summed E-state index contributed by atoms with van der Waals surface area (Å²) in [5, 5.41) is 3.45. The fourth-order valence-corrected chi connectivity index (χ4v) is 3.15. The lowest BCUT2D eigenvalue weighted by Gasteiger charge is -2.27. The van der Waals surface area contributed by atoms with E-state index in [0.717, 1.165) is 25.1 Å². The summed E-state index contributed by atoms with van der Waals surface area (Å²) in [6.07, 6.45) is 2.64. The number of nitrogens with one attached hydrogen (secondary N) is 1. The van der Waals surface area contributed by atoms with Crippen LogP contribution in [-0.2, 0) is 9.53 Å². The SMILES string of the molecule is CN=C(NCC(C)N(C)C1CC1)N1CC(C)C(C(=O)OC)C1.I. The molecule has 134 valence electrons. The molecule has 0 spiro atoms. The van der Waals surface area contributed by atoms with Crippen LogP contribution in [0.3, 0.4) is 0 Å². The van der Waals surface area contributed by atoms with E-state index in [-0.39, 0.29) is 41.8 Å². The van der Waals surface area contributed by atoms with Gasteiger partial charge in [-0.25, -0.2) is 0 Å². The van der Waals surface area contributed by atoms with E-state index in [2.05, 4.69) is 41.0 Å². The van der Waals surface area contributed by atoms with Gasteiger partial charge in [-0.05, 0) is 32.7 Å². The number of nitrogens with zero attached hydrogens (tertiary/aromatic N) is 3. The molecule has 3 atom stereocenters. The minimum Gasteiger partial charge on any atom is -0.469 e. The highest BCUT2D eigenvalue weighted by Crippen LogP contribution is 2.27. The molecule has 1 saturated heterocycles. The number of guanidine groups is 1. The van der Waals surface area contributed by atoms with Crippen LogP contribution in [0, 0.1) is 11.8 Å². The second kappa shape index (κ2) is 9.05. The number of methoxy groups -OCH3 is 1. The van der Waals surface area contributed by atoms with E-state index in [1.807, 2.05) is 0 Å². The highest BCUT2D eigenvalue weighted by atomic mass is 127. The Labute approximate surface area is 157 Å². The zero-order chi connectivity index (χ0) is 16.3. The van der Waals surface area contributed by atoms with Crippen molar-refractivity contribution in [2.24, 2.45) is 16.8 Å². The summed E-state index contributed by atoms with van der Waals surface area (Å²) in [5.74, 6) is 0.995. The molecule has 1 aliphatic heterocycles. The van der Waals surface area contributed by atoms with E-state index in [0.29, 0.717) is 12.6 Å². The number of aliphatic imine (C=N–C) groups is 1. The normalized spacial score (nSPS) is 26.0. The van der Waals surface area contributed by atoms with Gasteiger partial charge in [-0.2, -0.15) is 0 Å². The topological polar surface area (TPSA) is 57.2 Å². The van der Waals surface area contributed by atoms with Crippen LogP contribution in [0.15, 0.2) is 4.99 Å². The van der Waals surface area contributed by atoms with Gasteiger partial charge in [-0.15, -0.1) is 24.0 Å². The Morgan fingerprint density at radius 2 is 2.09 bits per heavy atom. The molecule has 2 aliphatic rings. The van der Waals surface area contributed by atoms with Gasteiger partial charge in [0.1, 0.15) is 0 Å². The van der Waals surface area contributed by atoms with Crippen LogP contribution in [0.5, 0.6) is 0 Å². The maximum atomic E-state index is 11.8. The van der Waals surface area contributed by atoms with Gasteiger partial charge in [0.15, 0.2) is 5.96 Å². The molecule has 1 heterocycles. The third-order valence-corrected chi connectivity index (χ3v) is 5.00. The molecule has 1 N–H and O–H groups in total. The third kappa shape index (κ3) is 5.20. The number of hydrogen-bond acceptors (Lipinski definition) is 4. The lowest BCUT2D eigenvalue weighted by Crippen LogP contribution is -2.46. The van der Waals surface area contributed by atoms with E-state index >= 15 is 0 Å². The second-order valence-electron chi connectivity index (χ2n) is 6.69. The summed E-state index contributed by atoms with van der Waals surface area (Å²) >= 11 is 0. The van der Waals surface area contributed by atoms with Crippen molar-refractivity contribution < 1.29 is 9.53 Å². The maximum Gasteiger partial charge on any atom is 0.310 e. The van der Waals surface area contributed by atoms with Gasteiger partial charge in [0, 0.05) is 38.8 Å². The van der Waals surface area contributed by atoms with Gasteiger partial charge in [-0.1, -0.05) is 6.92 Å². The lowest BCUT2D eigenvalue weighted by atomic mass is 9.99. The van der Waals surface area contributed by atoms with Crippen LogP contribution in [0.25, 0.3) is 0 Å². The summed E-state index contributed by atoms with van der Waals surface area (Å²) in [6.45, 7) is 6.72. The molecule has 0 bridgehead atoms. The highest BCUT2D eigenvalue weighted by Gasteiger charge is 2.37. The van der Waals surface area contributed by atoms with Crippen molar-refractivity contribution >= 4 is 35.9 Å². The Balaban J connectivity index is 0.00000264. The largest absolute Gasteiger partial charge is 0.469 e. The average molecular weight is 438 g/mol. The van der Waals surface area contributed by atoms with Crippen LogP contribution < -0.4 is 5.32 Å². The van der Waals surface area contributed by atoms with E-state index in [4.69, 9.17) is 4.74 Å². The molecule has 0 aromatic carbocycles. The number of likely N-dealkylation sites (N-methyl/N-ethyl adjacent to an activating group) is 1. The predicted molar refractivity (Wildman–Crippen MR) is 103 cm³/mol. The summed E-state index contributed by atoms with van der Waals surface area (Å²) < 4.78 is 4.90. The molecular formula is C16H31IN4O2. The molecule has 2 fully saturated rings. The molecule has 6 nitrogen and oxygen atoms in total. The Morgan fingerprint density at radius 3 is 2.61 bits per heavy atom. The standard InChI is InChI=1S/C16H30N4O2.HI/c1-11-9-20(10-14(11)15(21)22-5)16(17-3)18-8-12(2)19(4)13-6-7-13;/h11-14H,6-10H2,1-5H3,(H,17,18);1H. The van der Waals surface area contributed by atoms with Crippen molar-refractivity contribution in [1.29, 1.82) is 0 Å². The number of hydrogen-bond donors (Lipinski definition) is 1. The number of ether oxygens (including phenoxy) is 1. The van der Waals surface area contributed by atoms with Crippen LogP contribution in [0.4, 0.5) is 0 Å². The summed E-state index contributed by atoms with van der Waals surface area (Å²) in [5.41, 5.74) is 0. The van der Waals surface area contributed by atoms with Crippen LogP contribution in [0.2, 0.25) is 0 Å². The third-order valence-electron chi connectivity index (χ3n) is 5.00. The summed E-state index contributed by atoms with van der Waals surface area (Å²) in [6, 6.07) is 1.23. The molecule has 3 unspecified atom stereocenters. The first-order chi connectivity index (χ1) is 10.5. The Bertz CT molecular complexity index is 428. The quantitative estimate of drug-likeness (QED) is 0.305. The second-order valence-corrected chi connectivity index (χ2v) is 6.69. The fourth-order valence-electron chi connectivity index (χ4n) is 3.15. The molecular weight excluding hydrogens is 407 g/mol. The van der Waals surface area contributed by atoms with E-state index in [1.54, 1.807) is 7.05 Å². The molecule has 1 aliphatic carbocycles. The van der Waals surface area contributed by atoms with Crippen LogP contribution >= 0.6 is 24.0 Å². The first kappa shape index (κ1) is 20.5. The number of halogens is 1. The number of carbonyl (C=O) groups excluding carboxylic acids is 1. The molecule has 1 saturated carbocycles. The number of likely N-dealkylation sites (tertiary alicyclic amines) is 1. The van der Waals surface area contributed by atoms with E-state index < -0.39 is 0 Å². The monoisotopic (exact) mass is 438 g/mol. The van der Waals surface area contributed by atoms with Crippen molar-refractivity contribution in [2.75, 3.05) is 40.8 Å². The molecule has 2 rings (SSSR count). The number of carbonyl (C=O) groups is 1. The minimum atomic E-state index is -0.118. The van der Waals surface area contributed by atoms with Crippen LogP contribution in [-0.4, -0.2) is 74.7 Å². The highest BCUT2D eigenvalue weighted by molar-refractivity contribution is 14.0. The van der Waals surface area contributed by atoms with Crippen molar-refractivity contribution in [1.82, 2.24) is 15.1 Å². The number of rotatable bonds is 5. The smallest absolute Gasteiger partial charge is 0.310 e. The van der Waals surface area contributed by atoms with E-state index in [1.165, 1.54) is 20.0 Å². The fraction of sp³-hybridized carbons (Fsp3) is 0.875. The van der Waals surface area contributed by atoms with E-state index in [9.17, 15) is 4.79 Å². The van der Waals surface area contributed by atoms with Gasteiger partial charge < -0.3 is 15.0 Å². The first-order valence-electron chi connectivity index (χ1n) is 8.23. The van der Waals surface area contributed by atoms with Gasteiger partial charge in [0.05, 0.1) is 13.0 Å². The molecule has 0 aromatic heterocycles. The summed E-state index contributed by atoms with van der Waals surface area (Å²) in [7, 11) is 5.45. The molecule has 0 amide bonds. The molecule has 0 aromatic rings. The van der Waals surface area contributed by atoms with Gasteiger partial charge in [0.25, 0.3) is 0 Å². The zero-order valence-electron chi connectivity index (χ0n) is 14.9. The van der Waals surface area contributed by atoms with Crippen molar-refractivity contribution in [3.8, 4) is 0 Å². The predicted octanol–water partition coefficient (Wildman–Crippen LogP) is 1.40. The maximum absolute atomic E-state index is 11.8. The average Bonchev–Trinajstić information content (AvgIpc) is 3.29. The number of esters is 1. The first-order valence-corrected chi connectivity index (χ1v) is 8.23. The minimum absolute atomic E-state index is 0. The van der Waals surface area contributed by atoms with Crippen molar-refractivity contribution in [2.45, 2.75) is 38.8 Å². The van der Waals surface area contributed by atoms with Crippen molar-refractivity contribution in [3.05, 3.63) is 0 Å². The van der Waals surface area contributed by atoms with Gasteiger partial charge in [-0.3, -0.25) is 14.7 Å². The zero-order valence-corrected chi connectivity index (χ0v) is 17.2. The molecule has 0 radical (unpaired) electrons. The Hall–Kier alpha value is -0.570. The van der Waals surface area contributed by atoms with Crippen LogP contribution in [0.1, 0.15) is 26.7 Å². The lowest BCUT2D eigenvalue weighted by molar-refractivity contribution is -0.145. The van der Waals surface area contributed by atoms with Gasteiger partial charge >= 0.3 is 5.97 Å². The molecule has 7 heteroatoms. The van der Waals surface area contributed by atoms with Gasteiger partial charge in [0.2, 0.25) is 0 Å². The molecule has 23 heavy (non-hydrogen) atoms. The Morgan fingerprint density at radius 1 is 1.43 bits per heavy atom.